The van der Waals surface area contributed by atoms with E-state index in [0.717, 1.165) is 42.2 Å². The summed E-state index contributed by atoms with van der Waals surface area (Å²) in [5.74, 6) is -0.706. The lowest BCUT2D eigenvalue weighted by atomic mass is 9.93. The molecule has 9 heteroatoms. The van der Waals surface area contributed by atoms with Crippen molar-refractivity contribution in [2.24, 2.45) is 0 Å². The smallest absolute Gasteiger partial charge is 0.379 e. The van der Waals surface area contributed by atoms with Crippen molar-refractivity contribution < 1.29 is 27.5 Å². The molecule has 0 radical (unpaired) electrons. The Morgan fingerprint density at radius 1 is 1.00 bits per heavy atom. The molecule has 3 aromatic carbocycles. The molecule has 0 aliphatic heterocycles. The maximum absolute atomic E-state index is 15.1. The number of aliphatic hydroxyl groups is 1. The number of benzene rings is 3. The van der Waals surface area contributed by atoms with E-state index in [1.807, 2.05) is 24.3 Å². The summed E-state index contributed by atoms with van der Waals surface area (Å²) in [5, 5.41) is 10.7. The maximum atomic E-state index is 15.1. The fourth-order valence-corrected chi connectivity index (χ4v) is 6.62. The van der Waals surface area contributed by atoms with Gasteiger partial charge in [0.05, 0.1) is 5.02 Å². The summed E-state index contributed by atoms with van der Waals surface area (Å²) in [6.45, 7) is 0.0403. The zero-order valence-electron chi connectivity index (χ0n) is 20.8. The summed E-state index contributed by atoms with van der Waals surface area (Å²) in [6, 6.07) is 17.3. The fraction of sp³-hybridized carbons (Fsp3) is 0.300. The van der Waals surface area contributed by atoms with Crippen LogP contribution in [-0.2, 0) is 6.54 Å². The first-order valence-electron chi connectivity index (χ1n) is 12.7. The Bertz CT molecular complexity index is 1480. The molecule has 1 saturated carbocycles. The van der Waals surface area contributed by atoms with Crippen LogP contribution in [-0.4, -0.2) is 28.1 Å². The van der Waals surface area contributed by atoms with Gasteiger partial charge in [-0.05, 0) is 47.7 Å². The second-order valence-electron chi connectivity index (χ2n) is 9.84. The van der Waals surface area contributed by atoms with Crippen LogP contribution in [0.1, 0.15) is 59.0 Å². The average molecular weight is 576 g/mol. The van der Waals surface area contributed by atoms with E-state index >= 15 is 4.39 Å². The van der Waals surface area contributed by atoms with E-state index < -0.39 is 18.1 Å². The summed E-state index contributed by atoms with van der Waals surface area (Å²) >= 11 is 7.97. The number of fused-ring (bicyclic) bond motifs is 1. The third kappa shape index (κ3) is 5.83. The summed E-state index contributed by atoms with van der Waals surface area (Å²) in [5.41, 5.74) is 1.19. The van der Waals surface area contributed by atoms with Crippen LogP contribution in [0.2, 0.25) is 5.02 Å². The highest BCUT2D eigenvalue weighted by atomic mass is 35.5. The number of rotatable bonds is 6. The minimum Gasteiger partial charge on any atom is -0.379 e. The molecule has 1 N–H and O–H groups in total. The number of amides is 1. The van der Waals surface area contributed by atoms with Crippen LogP contribution >= 0.6 is 22.9 Å². The van der Waals surface area contributed by atoms with Crippen LogP contribution in [0.25, 0.3) is 21.2 Å². The third-order valence-corrected chi connectivity index (χ3v) is 8.93. The van der Waals surface area contributed by atoms with Gasteiger partial charge in [0.1, 0.15) is 10.7 Å². The third-order valence-electron chi connectivity index (χ3n) is 7.26. The first-order valence-corrected chi connectivity index (χ1v) is 13.9. The molecule has 1 amide bonds. The molecule has 204 valence electrons. The number of nitrogens with zero attached hydrogens (tertiary/aromatic N) is 1. The molecular formula is C30H26ClF4NO2S. The summed E-state index contributed by atoms with van der Waals surface area (Å²) < 4.78 is 54.6. The maximum Gasteiger partial charge on any atom is 0.418 e. The van der Waals surface area contributed by atoms with Gasteiger partial charge in [-0.2, -0.15) is 13.2 Å². The fourth-order valence-electron chi connectivity index (χ4n) is 5.15. The van der Waals surface area contributed by atoms with Gasteiger partial charge in [0.15, 0.2) is 6.10 Å². The predicted molar refractivity (Wildman–Crippen MR) is 146 cm³/mol. The number of aliphatic hydroxyl groups excluding tert-OH is 1. The molecule has 1 aliphatic carbocycles. The van der Waals surface area contributed by atoms with E-state index in [1.54, 1.807) is 17.0 Å². The molecule has 39 heavy (non-hydrogen) atoms. The van der Waals surface area contributed by atoms with Crippen molar-refractivity contribution in [1.29, 1.82) is 0 Å². The van der Waals surface area contributed by atoms with Crippen molar-refractivity contribution >= 4 is 38.9 Å². The largest absolute Gasteiger partial charge is 0.418 e. The highest BCUT2D eigenvalue weighted by Gasteiger charge is 2.39. The Morgan fingerprint density at radius 2 is 1.67 bits per heavy atom. The van der Waals surface area contributed by atoms with Gasteiger partial charge in [-0.15, -0.1) is 11.3 Å². The number of thiophene rings is 1. The Hall–Kier alpha value is -2.94. The number of alkyl halides is 3. The van der Waals surface area contributed by atoms with E-state index in [0.29, 0.717) is 26.6 Å². The molecule has 1 atom stereocenters. The van der Waals surface area contributed by atoms with Crippen molar-refractivity contribution in [2.45, 2.75) is 57.0 Å². The molecule has 1 heterocycles. The van der Waals surface area contributed by atoms with Crippen LogP contribution in [0.15, 0.2) is 66.7 Å². The zero-order valence-corrected chi connectivity index (χ0v) is 22.4. The van der Waals surface area contributed by atoms with Gasteiger partial charge in [0.25, 0.3) is 5.91 Å². The molecule has 1 aromatic heterocycles. The van der Waals surface area contributed by atoms with E-state index in [-0.39, 0.29) is 24.1 Å². The number of carbonyl (C=O) groups excluding carboxylic acids is 1. The second kappa shape index (κ2) is 11.3. The van der Waals surface area contributed by atoms with E-state index in [2.05, 4.69) is 0 Å². The van der Waals surface area contributed by atoms with Crippen LogP contribution in [0.4, 0.5) is 17.6 Å². The highest BCUT2D eigenvalue weighted by Crippen LogP contribution is 2.38. The van der Waals surface area contributed by atoms with Gasteiger partial charge >= 0.3 is 6.18 Å². The summed E-state index contributed by atoms with van der Waals surface area (Å²) in [7, 11) is 0. The molecule has 4 aromatic rings. The lowest BCUT2D eigenvalue weighted by Gasteiger charge is -2.34. The van der Waals surface area contributed by atoms with Crippen molar-refractivity contribution in [3.63, 3.8) is 0 Å². The lowest BCUT2D eigenvalue weighted by Crippen LogP contribution is -2.41. The molecule has 0 bridgehead atoms. The number of hydrogen-bond donors (Lipinski definition) is 1. The Kier molecular flexibility index (Phi) is 7.99. The Balaban J connectivity index is 1.46. The second-order valence-corrected chi connectivity index (χ2v) is 11.3. The monoisotopic (exact) mass is 575 g/mol. The molecule has 0 spiro atoms. The predicted octanol–water partition coefficient (Wildman–Crippen LogP) is 8.93. The quantitative estimate of drug-likeness (QED) is 0.233. The Morgan fingerprint density at radius 3 is 2.33 bits per heavy atom. The van der Waals surface area contributed by atoms with Crippen LogP contribution < -0.4 is 0 Å². The lowest BCUT2D eigenvalue weighted by molar-refractivity contribution is -0.206. The molecule has 3 nitrogen and oxygen atoms in total. The van der Waals surface area contributed by atoms with Gasteiger partial charge in [-0.3, -0.25) is 4.79 Å². The van der Waals surface area contributed by atoms with Crippen molar-refractivity contribution in [3.05, 3.63) is 93.6 Å². The van der Waals surface area contributed by atoms with Gasteiger partial charge in [0.2, 0.25) is 0 Å². The average Bonchev–Trinajstić information content (AvgIpc) is 3.28. The highest BCUT2D eigenvalue weighted by molar-refractivity contribution is 7.21. The molecule has 1 fully saturated rings. The number of hydrogen-bond acceptors (Lipinski definition) is 3. The normalized spacial score (nSPS) is 15.4. The molecule has 1 aliphatic rings. The Labute approximate surface area is 232 Å². The molecule has 5 rings (SSSR count). The SMILES string of the molecule is O=C(c1sc2ccccc2c1Cl)N(Cc1cc(-c2ccc(C(O)C(F)(F)F)cc2)ccc1F)C1CCCCC1. The molecule has 0 saturated heterocycles. The van der Waals surface area contributed by atoms with Crippen molar-refractivity contribution in [3.8, 4) is 11.1 Å². The van der Waals surface area contributed by atoms with Gasteiger partial charge in [-0.1, -0.05) is 79.4 Å². The summed E-state index contributed by atoms with van der Waals surface area (Å²) in [4.78, 5) is 16.1. The number of carbonyl (C=O) groups is 1. The molecule has 1 unspecified atom stereocenters. The van der Waals surface area contributed by atoms with Crippen LogP contribution in [0, 0.1) is 5.82 Å². The number of halogens is 5. The minimum atomic E-state index is -4.77. The van der Waals surface area contributed by atoms with Gasteiger partial charge in [-0.25, -0.2) is 4.39 Å². The van der Waals surface area contributed by atoms with Crippen LogP contribution in [0.3, 0.4) is 0 Å². The van der Waals surface area contributed by atoms with Crippen LogP contribution in [0.5, 0.6) is 0 Å². The first-order chi connectivity index (χ1) is 18.6. The van der Waals surface area contributed by atoms with E-state index in [9.17, 15) is 23.1 Å². The minimum absolute atomic E-state index is 0.0403. The van der Waals surface area contributed by atoms with E-state index in [1.165, 1.54) is 41.7 Å². The zero-order chi connectivity index (χ0) is 27.7. The topological polar surface area (TPSA) is 40.5 Å². The van der Waals surface area contributed by atoms with Crippen molar-refractivity contribution in [1.82, 2.24) is 4.90 Å². The van der Waals surface area contributed by atoms with Crippen molar-refractivity contribution in [2.75, 3.05) is 0 Å². The van der Waals surface area contributed by atoms with Gasteiger partial charge < -0.3 is 10.0 Å². The van der Waals surface area contributed by atoms with Gasteiger partial charge in [0, 0.05) is 28.2 Å². The van der Waals surface area contributed by atoms with E-state index in [4.69, 9.17) is 11.6 Å². The standard InChI is InChI=1S/C30H26ClF4NO2S/c31-26-23-8-4-5-9-25(23)39-27(26)29(38)36(22-6-2-1-3-7-22)17-21-16-20(14-15-24(21)32)18-10-12-19(13-11-18)28(37)30(33,34)35/h4-5,8-16,22,28,37H,1-3,6-7,17H2. The summed E-state index contributed by atoms with van der Waals surface area (Å²) in [6.07, 6.45) is -2.66. The molecular weight excluding hydrogens is 550 g/mol. The first kappa shape index (κ1) is 27.6.